The average Bonchev–Trinajstić information content (AvgIpc) is 4.12. The number of methoxy groups -OCH3 is 1. The zero-order chi connectivity index (χ0) is 50.7. The predicted molar refractivity (Wildman–Crippen MR) is 285 cm³/mol. The van der Waals surface area contributed by atoms with Gasteiger partial charge < -0.3 is 40.7 Å². The molecular weight excluding hydrogens is 933 g/mol. The molecule has 71 heavy (non-hydrogen) atoms. The van der Waals surface area contributed by atoms with Crippen LogP contribution in [0.5, 0.6) is 11.5 Å². The molecule has 7 rings (SSSR count). The lowest BCUT2D eigenvalue weighted by Crippen LogP contribution is -2.57. The standard InChI is InChI=1S/C55H70N8O6S2/c1-34(48-25-40(32-70-48)42-18-15-14-17-39(42)30-56-7)59-52-43-27-47(46(68-8)28-44(43)60-36(3)61-52)69-24-16-12-10-9-11-13-19-49(65)62-51(55(4,5)6)54(67)63-31-41(64)26-45(63)53(66)57-29-37-20-22-38(23-21-37)50-35(2)58-33-71-50/h14-15,17-18,20-23,25,27-28,32-34,41,45,51,56,64H,9-13,16,19,24,26,29-31H2,1-8H3,(H,57,66)(H,62,65)(H,59,60,61)/t34-,41-,45+,51-/m1/s1. The van der Waals surface area contributed by atoms with E-state index < -0.39 is 23.6 Å². The summed E-state index contributed by atoms with van der Waals surface area (Å²) in [5.74, 6) is 1.76. The number of nitrogens with zero attached hydrogens (tertiary/aromatic N) is 4. The van der Waals surface area contributed by atoms with E-state index >= 15 is 0 Å². The molecule has 378 valence electrons. The van der Waals surface area contributed by atoms with Crippen LogP contribution in [-0.4, -0.2) is 88.2 Å². The Morgan fingerprint density at radius 1 is 0.901 bits per heavy atom. The number of nitrogens with one attached hydrogen (secondary N) is 4. The molecule has 1 aliphatic heterocycles. The van der Waals surface area contributed by atoms with Gasteiger partial charge in [-0.05, 0) is 91.4 Å². The molecule has 14 nitrogen and oxygen atoms in total. The largest absolute Gasteiger partial charge is 0.493 e. The first-order valence-corrected chi connectivity index (χ1v) is 26.5. The maximum Gasteiger partial charge on any atom is 0.246 e. The van der Waals surface area contributed by atoms with Crippen LogP contribution < -0.4 is 30.7 Å². The van der Waals surface area contributed by atoms with Gasteiger partial charge in [-0.2, -0.15) is 0 Å². The molecule has 1 fully saturated rings. The molecule has 4 atom stereocenters. The number of thiazole rings is 1. The Balaban J connectivity index is 0.845. The lowest BCUT2D eigenvalue weighted by molar-refractivity contribution is -0.144. The Kier molecular flexibility index (Phi) is 18.2. The fourth-order valence-electron chi connectivity index (χ4n) is 9.07. The lowest BCUT2D eigenvalue weighted by Gasteiger charge is -2.35. The maximum atomic E-state index is 14.1. The molecule has 0 unspecified atom stereocenters. The SMILES string of the molecule is CNCc1ccccc1-c1csc([C@@H](C)Nc2nc(C)nc3cc(OC)c(OCCCCCCCCC(=O)N[C@H](C(=O)N4C[C@H](O)C[C@H]4C(=O)NCc4ccc(-c5scnc5C)cc4)C(C)(C)C)cc23)c1. The minimum atomic E-state index is -0.861. The van der Waals surface area contributed by atoms with Gasteiger partial charge in [0.1, 0.15) is 23.7 Å². The summed E-state index contributed by atoms with van der Waals surface area (Å²) in [5.41, 5.74) is 8.62. The van der Waals surface area contributed by atoms with Gasteiger partial charge >= 0.3 is 0 Å². The molecule has 1 aliphatic rings. The Morgan fingerprint density at radius 3 is 2.37 bits per heavy atom. The van der Waals surface area contributed by atoms with Crippen molar-refractivity contribution in [1.82, 2.24) is 35.8 Å². The monoisotopic (exact) mass is 1000 g/mol. The van der Waals surface area contributed by atoms with Crippen LogP contribution in [0, 0.1) is 19.3 Å². The summed E-state index contributed by atoms with van der Waals surface area (Å²) in [6.45, 7) is 13.3. The number of aliphatic hydroxyl groups excluding tert-OH is 1. The van der Waals surface area contributed by atoms with Gasteiger partial charge in [-0.1, -0.05) is 95.0 Å². The van der Waals surface area contributed by atoms with E-state index in [0.29, 0.717) is 30.4 Å². The van der Waals surface area contributed by atoms with Crippen LogP contribution in [0.1, 0.15) is 113 Å². The van der Waals surface area contributed by atoms with Crippen molar-refractivity contribution in [2.24, 2.45) is 5.41 Å². The first-order chi connectivity index (χ1) is 34.1. The van der Waals surface area contributed by atoms with Gasteiger partial charge in [0.15, 0.2) is 11.5 Å². The van der Waals surface area contributed by atoms with Gasteiger partial charge in [-0.3, -0.25) is 14.4 Å². The molecule has 1 saturated heterocycles. The third-order valence-corrected chi connectivity index (χ3v) is 15.0. The predicted octanol–water partition coefficient (Wildman–Crippen LogP) is 9.92. The lowest BCUT2D eigenvalue weighted by atomic mass is 9.85. The second-order valence-electron chi connectivity index (χ2n) is 19.6. The number of ether oxygens (including phenoxy) is 2. The minimum absolute atomic E-state index is 0.000687. The number of benzene rings is 3. The summed E-state index contributed by atoms with van der Waals surface area (Å²) in [5, 5.41) is 26.6. The second kappa shape index (κ2) is 24.5. The number of hydrogen-bond acceptors (Lipinski definition) is 13. The second-order valence-corrected chi connectivity index (χ2v) is 21.4. The summed E-state index contributed by atoms with van der Waals surface area (Å²) in [4.78, 5) is 58.5. The molecule has 16 heteroatoms. The number of hydrogen-bond donors (Lipinski definition) is 5. The number of aliphatic hydroxyl groups is 1. The van der Waals surface area contributed by atoms with Crippen LogP contribution in [-0.2, 0) is 27.5 Å². The number of unbranched alkanes of at least 4 members (excludes halogenated alkanes) is 5. The van der Waals surface area contributed by atoms with Crippen LogP contribution >= 0.6 is 22.7 Å². The fourth-order valence-corrected chi connectivity index (χ4v) is 10.8. The summed E-state index contributed by atoms with van der Waals surface area (Å²) in [7, 11) is 3.60. The molecule has 0 aliphatic carbocycles. The molecule has 0 spiro atoms. The molecule has 0 bridgehead atoms. The Labute approximate surface area is 426 Å². The summed E-state index contributed by atoms with van der Waals surface area (Å²) < 4.78 is 12.1. The zero-order valence-corrected chi connectivity index (χ0v) is 44.0. The van der Waals surface area contributed by atoms with E-state index in [-0.39, 0.29) is 49.7 Å². The number of aromatic nitrogens is 3. The molecule has 3 aromatic heterocycles. The molecule has 0 radical (unpaired) electrons. The highest BCUT2D eigenvalue weighted by molar-refractivity contribution is 7.13. The number of amides is 3. The number of carbonyl (C=O) groups is 3. The average molecular weight is 1000 g/mol. The van der Waals surface area contributed by atoms with E-state index in [1.165, 1.54) is 26.5 Å². The molecule has 5 N–H and O–H groups in total. The van der Waals surface area contributed by atoms with Gasteiger partial charge in [-0.15, -0.1) is 22.7 Å². The molecular formula is C55H70N8O6S2. The van der Waals surface area contributed by atoms with Crippen molar-refractivity contribution in [3.63, 3.8) is 0 Å². The van der Waals surface area contributed by atoms with Gasteiger partial charge in [0.2, 0.25) is 17.7 Å². The van der Waals surface area contributed by atoms with Crippen molar-refractivity contribution in [1.29, 1.82) is 0 Å². The first kappa shape index (κ1) is 52.9. The van der Waals surface area contributed by atoms with Gasteiger partial charge in [-0.25, -0.2) is 15.0 Å². The number of anilines is 1. The number of rotatable bonds is 23. The van der Waals surface area contributed by atoms with Crippen molar-refractivity contribution in [3.05, 3.63) is 105 Å². The van der Waals surface area contributed by atoms with Gasteiger partial charge in [0, 0.05) is 48.8 Å². The topological polar surface area (TPSA) is 180 Å². The quantitative estimate of drug-likeness (QED) is 0.0386. The van der Waals surface area contributed by atoms with E-state index in [1.807, 2.05) is 83.6 Å². The normalized spacial score (nSPS) is 15.6. The zero-order valence-electron chi connectivity index (χ0n) is 42.4. The number of carbonyl (C=O) groups excluding carboxylic acids is 3. The van der Waals surface area contributed by atoms with Crippen LogP contribution in [0.4, 0.5) is 5.82 Å². The minimum Gasteiger partial charge on any atom is -0.493 e. The van der Waals surface area contributed by atoms with Crippen molar-refractivity contribution >= 4 is 57.1 Å². The third-order valence-electron chi connectivity index (χ3n) is 13.0. The van der Waals surface area contributed by atoms with Gasteiger partial charge in [0.25, 0.3) is 0 Å². The van der Waals surface area contributed by atoms with E-state index in [1.54, 1.807) is 29.8 Å². The summed E-state index contributed by atoms with van der Waals surface area (Å²) >= 11 is 3.32. The highest BCUT2D eigenvalue weighted by Gasteiger charge is 2.44. The molecule has 4 heterocycles. The molecule has 3 amide bonds. The summed E-state index contributed by atoms with van der Waals surface area (Å²) in [6, 6.07) is 20.9. The molecule has 0 saturated carbocycles. The number of β-amino-alcohol motifs (C(OH)–C–C–N with tert-alkyl or cyclic N) is 1. The number of thiophene rings is 1. The highest BCUT2D eigenvalue weighted by Crippen LogP contribution is 2.38. The maximum absolute atomic E-state index is 14.1. The summed E-state index contributed by atoms with van der Waals surface area (Å²) in [6.07, 6.45) is 4.92. The smallest absolute Gasteiger partial charge is 0.246 e. The number of likely N-dealkylation sites (tertiary alicyclic amines) is 1. The van der Waals surface area contributed by atoms with E-state index in [2.05, 4.69) is 68.9 Å². The van der Waals surface area contributed by atoms with Gasteiger partial charge in [0.05, 0.1) is 47.5 Å². The van der Waals surface area contributed by atoms with Crippen LogP contribution in [0.2, 0.25) is 0 Å². The fraction of sp³-hybridized carbons (Fsp3) is 0.455. The highest BCUT2D eigenvalue weighted by atomic mass is 32.1. The molecule has 3 aromatic carbocycles. The van der Waals surface area contributed by atoms with Crippen molar-refractivity contribution in [3.8, 4) is 33.1 Å². The number of aryl methyl sites for hydroxylation is 2. The van der Waals surface area contributed by atoms with E-state index in [0.717, 1.165) is 77.1 Å². The Morgan fingerprint density at radius 2 is 1.65 bits per heavy atom. The number of fused-ring (bicyclic) bond motifs is 1. The van der Waals surface area contributed by atoms with Crippen LogP contribution in [0.15, 0.2) is 77.6 Å². The Bertz CT molecular complexity index is 2750. The van der Waals surface area contributed by atoms with Crippen LogP contribution in [0.3, 0.4) is 0 Å². The van der Waals surface area contributed by atoms with Crippen molar-refractivity contribution in [2.45, 2.75) is 130 Å². The van der Waals surface area contributed by atoms with Crippen molar-refractivity contribution < 1.29 is 29.0 Å². The molecule has 6 aromatic rings. The third kappa shape index (κ3) is 13.7. The van der Waals surface area contributed by atoms with Crippen LogP contribution in [0.25, 0.3) is 32.5 Å². The van der Waals surface area contributed by atoms with Crippen molar-refractivity contribution in [2.75, 3.05) is 32.6 Å². The first-order valence-electron chi connectivity index (χ1n) is 24.8. The Hall–Kier alpha value is -5.94. The van der Waals surface area contributed by atoms with E-state index in [9.17, 15) is 19.5 Å². The van der Waals surface area contributed by atoms with E-state index in [4.69, 9.17) is 19.4 Å².